The van der Waals surface area contributed by atoms with E-state index in [2.05, 4.69) is 6.92 Å². The summed E-state index contributed by atoms with van der Waals surface area (Å²) >= 11 is 0. The van der Waals surface area contributed by atoms with E-state index in [0.29, 0.717) is 36.4 Å². The Morgan fingerprint density at radius 3 is 2.67 bits per heavy atom. The number of hydrogen-bond donors (Lipinski definition) is 1. The van der Waals surface area contributed by atoms with Crippen LogP contribution in [-0.2, 0) is 19.4 Å². The van der Waals surface area contributed by atoms with Crippen molar-refractivity contribution in [1.29, 1.82) is 0 Å². The largest absolute Gasteiger partial charge is 0.397 e. The Bertz CT molecular complexity index is 694. The van der Waals surface area contributed by atoms with Crippen molar-refractivity contribution in [3.05, 3.63) is 11.1 Å². The summed E-state index contributed by atoms with van der Waals surface area (Å²) in [5, 5.41) is 0. The van der Waals surface area contributed by atoms with Gasteiger partial charge in [0.15, 0.2) is 0 Å². The van der Waals surface area contributed by atoms with Crippen LogP contribution >= 0.6 is 0 Å². The van der Waals surface area contributed by atoms with E-state index in [4.69, 9.17) is 8.74 Å². The highest BCUT2D eigenvalue weighted by molar-refractivity contribution is 7.80. The first-order valence-corrected chi connectivity index (χ1v) is 10.5. The number of ketones is 1. The van der Waals surface area contributed by atoms with E-state index in [1.807, 2.05) is 0 Å². The molecule has 5 atom stereocenters. The molecule has 0 aliphatic heterocycles. The lowest BCUT2D eigenvalue weighted by Gasteiger charge is -2.50. The smallest absolute Gasteiger partial charge is 0.299 e. The second-order valence-corrected chi connectivity index (χ2v) is 9.40. The summed E-state index contributed by atoms with van der Waals surface area (Å²) in [6.07, 6.45) is 7.71. The molecule has 2 fully saturated rings. The van der Waals surface area contributed by atoms with Crippen LogP contribution in [0.15, 0.2) is 11.1 Å². The van der Waals surface area contributed by atoms with Gasteiger partial charge in [-0.05, 0) is 69.1 Å². The van der Waals surface area contributed by atoms with Crippen LogP contribution in [0.2, 0.25) is 0 Å². The first-order chi connectivity index (χ1) is 11.3. The standard InChI is InChI=1S/C18H26O5S/c1-18-9-8-14-13-5-3-12(23-24(20,21)22)10-11(13)2-4-15(14)16(18)6-7-17(18)19/h12,14-16H,2-10H2,1H3,(H,20,21,22)/t12?,14-,15-,16+,18+/m1/s1. The van der Waals surface area contributed by atoms with Gasteiger partial charge < -0.3 is 0 Å². The zero-order chi connectivity index (χ0) is 17.1. The molecule has 0 spiro atoms. The first-order valence-electron chi connectivity index (χ1n) is 9.18. The van der Waals surface area contributed by atoms with E-state index in [-0.39, 0.29) is 5.41 Å². The van der Waals surface area contributed by atoms with Gasteiger partial charge in [0.05, 0.1) is 6.10 Å². The monoisotopic (exact) mass is 354 g/mol. The van der Waals surface area contributed by atoms with Crippen molar-refractivity contribution >= 4 is 16.2 Å². The number of rotatable bonds is 2. The summed E-state index contributed by atoms with van der Waals surface area (Å²) in [5.74, 6) is 2.19. The zero-order valence-electron chi connectivity index (χ0n) is 14.2. The van der Waals surface area contributed by atoms with Crippen molar-refractivity contribution < 1.29 is 21.9 Å². The fourth-order valence-corrected chi connectivity index (χ4v) is 6.71. The van der Waals surface area contributed by atoms with E-state index in [9.17, 15) is 13.2 Å². The van der Waals surface area contributed by atoms with Crippen LogP contribution in [0.4, 0.5) is 0 Å². The van der Waals surface area contributed by atoms with Crippen molar-refractivity contribution in [3.8, 4) is 0 Å². The molecule has 5 nitrogen and oxygen atoms in total. The van der Waals surface area contributed by atoms with Crippen LogP contribution < -0.4 is 0 Å². The van der Waals surface area contributed by atoms with Crippen LogP contribution in [0.1, 0.15) is 64.7 Å². The average Bonchev–Trinajstić information content (AvgIpc) is 2.81. The van der Waals surface area contributed by atoms with Gasteiger partial charge in [0, 0.05) is 11.8 Å². The number of Topliss-reactive ketones (excluding diaryl/α,β-unsaturated/α-hetero) is 1. The minimum absolute atomic E-state index is 0.0927. The Morgan fingerprint density at radius 1 is 1.12 bits per heavy atom. The highest BCUT2D eigenvalue weighted by atomic mass is 32.3. The molecule has 0 saturated heterocycles. The third kappa shape index (κ3) is 2.67. The molecule has 1 N–H and O–H groups in total. The Morgan fingerprint density at radius 2 is 1.92 bits per heavy atom. The van der Waals surface area contributed by atoms with E-state index >= 15 is 0 Å². The number of fused-ring (bicyclic) bond motifs is 4. The van der Waals surface area contributed by atoms with E-state index in [1.165, 1.54) is 11.1 Å². The highest BCUT2D eigenvalue weighted by Gasteiger charge is 2.55. The molecule has 2 saturated carbocycles. The molecule has 4 aliphatic carbocycles. The van der Waals surface area contributed by atoms with Crippen molar-refractivity contribution in [1.82, 2.24) is 0 Å². The van der Waals surface area contributed by atoms with Gasteiger partial charge in [-0.1, -0.05) is 18.1 Å². The number of carbonyl (C=O) groups excluding carboxylic acids is 1. The Balaban J connectivity index is 1.55. The Kier molecular flexibility index (Phi) is 3.93. The van der Waals surface area contributed by atoms with Gasteiger partial charge in [-0.15, -0.1) is 0 Å². The van der Waals surface area contributed by atoms with Crippen molar-refractivity contribution in [2.45, 2.75) is 70.8 Å². The summed E-state index contributed by atoms with van der Waals surface area (Å²) in [6, 6.07) is 0. The zero-order valence-corrected chi connectivity index (χ0v) is 15.0. The Hall–Kier alpha value is -0.720. The molecule has 0 aromatic heterocycles. The molecule has 0 radical (unpaired) electrons. The fraction of sp³-hybridized carbons (Fsp3) is 0.833. The van der Waals surface area contributed by atoms with Crippen LogP contribution in [-0.4, -0.2) is 24.9 Å². The van der Waals surface area contributed by atoms with Gasteiger partial charge >= 0.3 is 10.4 Å². The lowest BCUT2D eigenvalue weighted by Crippen LogP contribution is -2.44. The summed E-state index contributed by atoms with van der Waals surface area (Å²) in [6.45, 7) is 2.18. The number of carbonyl (C=O) groups is 1. The number of allylic oxidation sites excluding steroid dienone is 1. The third-order valence-corrected chi connectivity index (χ3v) is 7.81. The lowest BCUT2D eigenvalue weighted by atomic mass is 9.54. The van der Waals surface area contributed by atoms with Crippen LogP contribution in [0, 0.1) is 23.2 Å². The van der Waals surface area contributed by atoms with Gasteiger partial charge in [-0.2, -0.15) is 8.42 Å². The van der Waals surface area contributed by atoms with Gasteiger partial charge in [0.1, 0.15) is 5.78 Å². The molecule has 0 heterocycles. The normalized spacial score (nSPS) is 42.5. The summed E-state index contributed by atoms with van der Waals surface area (Å²) in [7, 11) is -4.37. The van der Waals surface area contributed by atoms with E-state index in [0.717, 1.165) is 44.9 Å². The maximum Gasteiger partial charge on any atom is 0.397 e. The molecule has 1 unspecified atom stereocenters. The third-order valence-electron chi connectivity index (χ3n) is 7.29. The summed E-state index contributed by atoms with van der Waals surface area (Å²) in [5.41, 5.74) is 2.77. The van der Waals surface area contributed by atoms with Gasteiger partial charge in [-0.3, -0.25) is 9.35 Å². The average molecular weight is 354 g/mol. The minimum atomic E-state index is -4.37. The second kappa shape index (κ2) is 5.64. The molecule has 0 bridgehead atoms. The summed E-state index contributed by atoms with van der Waals surface area (Å²) in [4.78, 5) is 12.4. The second-order valence-electron chi connectivity index (χ2n) is 8.35. The van der Waals surface area contributed by atoms with Crippen molar-refractivity contribution in [2.24, 2.45) is 23.2 Å². The minimum Gasteiger partial charge on any atom is -0.299 e. The van der Waals surface area contributed by atoms with E-state index in [1.54, 1.807) is 0 Å². The maximum absolute atomic E-state index is 12.4. The van der Waals surface area contributed by atoms with Crippen molar-refractivity contribution in [2.75, 3.05) is 0 Å². The molecule has 0 aromatic rings. The molecule has 0 amide bonds. The van der Waals surface area contributed by atoms with Crippen LogP contribution in [0.5, 0.6) is 0 Å². The van der Waals surface area contributed by atoms with Crippen LogP contribution in [0.25, 0.3) is 0 Å². The quantitative estimate of drug-likeness (QED) is 0.607. The summed E-state index contributed by atoms with van der Waals surface area (Å²) < 4.78 is 35.7. The van der Waals surface area contributed by atoms with Crippen molar-refractivity contribution in [3.63, 3.8) is 0 Å². The van der Waals surface area contributed by atoms with E-state index < -0.39 is 16.5 Å². The molecule has 6 heteroatoms. The predicted octanol–water partition coefficient (Wildman–Crippen LogP) is 3.46. The molecule has 134 valence electrons. The molecule has 0 aromatic carbocycles. The van der Waals surface area contributed by atoms with Gasteiger partial charge in [0.25, 0.3) is 0 Å². The first kappa shape index (κ1) is 16.7. The molecule has 4 rings (SSSR count). The maximum atomic E-state index is 12.4. The molecule has 24 heavy (non-hydrogen) atoms. The predicted molar refractivity (Wildman–Crippen MR) is 88.6 cm³/mol. The molecular formula is C18H26O5S. The fourth-order valence-electron chi connectivity index (χ4n) is 6.20. The topological polar surface area (TPSA) is 80.7 Å². The van der Waals surface area contributed by atoms with Gasteiger partial charge in [0.2, 0.25) is 0 Å². The number of hydrogen-bond acceptors (Lipinski definition) is 4. The highest BCUT2D eigenvalue weighted by Crippen LogP contribution is 2.60. The molecular weight excluding hydrogens is 328 g/mol. The SMILES string of the molecule is C[C@]12CC[C@@H]3C4=C(CC[C@H]3[C@@H]1CCC2=O)CC(OS(=O)(=O)O)CC4. The lowest BCUT2D eigenvalue weighted by molar-refractivity contribution is -0.129. The molecule has 4 aliphatic rings. The van der Waals surface area contributed by atoms with Crippen LogP contribution in [0.3, 0.4) is 0 Å². The van der Waals surface area contributed by atoms with Gasteiger partial charge in [-0.25, -0.2) is 4.18 Å². The Labute approximate surface area is 143 Å².